The van der Waals surface area contributed by atoms with Crippen molar-refractivity contribution < 1.29 is 78.4 Å². The van der Waals surface area contributed by atoms with Crippen molar-refractivity contribution in [3.63, 3.8) is 0 Å². The first-order chi connectivity index (χ1) is 30.6. The third-order valence-electron chi connectivity index (χ3n) is 10.1. The van der Waals surface area contributed by atoms with Crippen LogP contribution in [0.15, 0.2) is 85.1 Å². The molecule has 1 saturated carbocycles. The van der Waals surface area contributed by atoms with Gasteiger partial charge >= 0.3 is 19.8 Å². The molecule has 0 aromatic carbocycles. The summed E-state index contributed by atoms with van der Waals surface area (Å²) in [6.45, 7) is 2.76. The fourth-order valence-corrected chi connectivity index (χ4v) is 7.22. The lowest BCUT2D eigenvalue weighted by molar-refractivity contribution is -0.220. The Bertz CT molecular complexity index is 1490. The molecule has 1 rings (SSSR count). The highest BCUT2D eigenvalue weighted by Gasteiger charge is 2.51. The molecule has 1 aliphatic rings. The number of hydrogen-bond donors (Lipinski definition) is 9. The lowest BCUT2D eigenvalue weighted by Gasteiger charge is -2.41. The molecule has 1 fully saturated rings. The topological polar surface area (TPSA) is 270 Å². The Morgan fingerprint density at radius 1 is 0.625 bits per heavy atom. The van der Waals surface area contributed by atoms with E-state index in [0.717, 1.165) is 51.4 Å². The SMILES string of the molecule is CC/C=C\C[C@H](O)/C=C/C=C/C=C\C=C/[C@@H](O)[C@H](O)CCCC(=O)O[C@H](COC(=O)CCCCCCC/C=C\C/C=C\CCCCC)COP(=O)(O)OC1[C@H](O)[C@H](O)C(O)[C@H](O)[C@H]1O. The number of hydrogen-bond acceptors (Lipinski definition) is 15. The number of allylic oxidation sites excluding steroid dienone is 11. The Labute approximate surface area is 379 Å². The summed E-state index contributed by atoms with van der Waals surface area (Å²) >= 11 is 0. The zero-order valence-corrected chi connectivity index (χ0v) is 38.5. The van der Waals surface area contributed by atoms with Crippen LogP contribution < -0.4 is 0 Å². The van der Waals surface area contributed by atoms with E-state index in [1.807, 2.05) is 19.1 Å². The highest BCUT2D eigenvalue weighted by molar-refractivity contribution is 7.47. The normalized spacial score (nSPS) is 23.9. The van der Waals surface area contributed by atoms with E-state index < -0.39 is 94.0 Å². The summed E-state index contributed by atoms with van der Waals surface area (Å²) in [7, 11) is -5.23. The van der Waals surface area contributed by atoms with E-state index in [9.17, 15) is 59.9 Å². The molecule has 0 radical (unpaired) electrons. The summed E-state index contributed by atoms with van der Waals surface area (Å²) in [5.74, 6) is -1.46. The maximum Gasteiger partial charge on any atom is 0.472 e. The molecule has 0 aliphatic heterocycles. The molecule has 0 spiro atoms. The standard InChI is InChI=1S/C47H77O16P/c1-3-5-7-8-9-10-11-12-13-14-15-16-17-22-26-32-40(51)60-34-37(35-61-64(58,59)63-47-45(56)43(54)42(53)44(55)46(47)57)62-41(52)33-27-31-39(50)38(49)30-25-21-19-18-20-24-29-36(48)28-23-6-4-2/h6,9-10,12-13,18-21,23-25,29-30,36-39,42-50,53-57H,3-5,7-8,11,14-17,22,26-28,31-35H2,1-2H3,(H,58,59)/b10-9-,13-12-,20-18+,21-19-,23-6-,29-24+,30-25-/t36-,37+,38+,39+,42?,43-,44+,45+,46+,47?/m0/s1. The number of ether oxygens (including phenoxy) is 2. The van der Waals surface area contributed by atoms with E-state index in [4.69, 9.17) is 18.5 Å². The number of unbranched alkanes of at least 4 members (excludes halogenated alkanes) is 8. The van der Waals surface area contributed by atoms with Crippen molar-refractivity contribution in [1.29, 1.82) is 0 Å². The molecular weight excluding hydrogens is 851 g/mol. The second kappa shape index (κ2) is 36.1. The molecule has 1 aliphatic carbocycles. The molecule has 64 heavy (non-hydrogen) atoms. The van der Waals surface area contributed by atoms with Gasteiger partial charge in [-0.1, -0.05) is 131 Å². The Morgan fingerprint density at radius 2 is 1.19 bits per heavy atom. The van der Waals surface area contributed by atoms with Gasteiger partial charge in [0.2, 0.25) is 0 Å². The van der Waals surface area contributed by atoms with E-state index >= 15 is 0 Å². The van der Waals surface area contributed by atoms with Crippen LogP contribution >= 0.6 is 7.82 Å². The Hall–Kier alpha value is -3.09. The van der Waals surface area contributed by atoms with Gasteiger partial charge in [-0.05, 0) is 64.2 Å². The maximum absolute atomic E-state index is 12.8. The van der Waals surface area contributed by atoms with E-state index in [0.29, 0.717) is 12.8 Å². The van der Waals surface area contributed by atoms with Gasteiger partial charge in [-0.3, -0.25) is 18.6 Å². The molecule has 0 amide bonds. The minimum Gasteiger partial charge on any atom is -0.462 e. The van der Waals surface area contributed by atoms with Gasteiger partial charge in [-0.15, -0.1) is 0 Å². The van der Waals surface area contributed by atoms with Gasteiger partial charge in [0, 0.05) is 12.8 Å². The number of carbonyl (C=O) groups is 2. The number of carbonyl (C=O) groups excluding carboxylic acids is 2. The molecule has 3 unspecified atom stereocenters. The maximum atomic E-state index is 12.8. The van der Waals surface area contributed by atoms with Crippen LogP contribution in [0.1, 0.15) is 123 Å². The average Bonchev–Trinajstić information content (AvgIpc) is 3.26. The Balaban J connectivity index is 2.65. The molecule has 17 heteroatoms. The van der Waals surface area contributed by atoms with Crippen molar-refractivity contribution in [3.8, 4) is 0 Å². The van der Waals surface area contributed by atoms with Gasteiger partial charge in [-0.25, -0.2) is 4.57 Å². The fraction of sp³-hybridized carbons (Fsp3) is 0.660. The van der Waals surface area contributed by atoms with Crippen molar-refractivity contribution in [1.82, 2.24) is 0 Å². The van der Waals surface area contributed by atoms with Crippen LogP contribution in [0, 0.1) is 0 Å². The predicted molar refractivity (Wildman–Crippen MR) is 243 cm³/mol. The first-order valence-electron chi connectivity index (χ1n) is 22.7. The van der Waals surface area contributed by atoms with Crippen LogP contribution in [-0.2, 0) is 32.7 Å². The molecular formula is C47H77O16P. The van der Waals surface area contributed by atoms with Gasteiger partial charge in [0.15, 0.2) is 6.10 Å². The molecule has 9 N–H and O–H groups in total. The first kappa shape index (κ1) is 58.9. The van der Waals surface area contributed by atoms with Crippen LogP contribution in [-0.4, -0.2) is 132 Å². The predicted octanol–water partition coefficient (Wildman–Crippen LogP) is 5.41. The minimum absolute atomic E-state index is 0.00732. The average molecular weight is 929 g/mol. The second-order valence-corrected chi connectivity index (χ2v) is 17.1. The lowest BCUT2D eigenvalue weighted by atomic mass is 9.85. The molecule has 0 aromatic heterocycles. The number of phosphoric ester groups is 1. The van der Waals surface area contributed by atoms with Crippen molar-refractivity contribution >= 4 is 19.8 Å². The number of aliphatic hydroxyl groups is 8. The third-order valence-corrected chi connectivity index (χ3v) is 11.0. The zero-order valence-electron chi connectivity index (χ0n) is 37.6. The van der Waals surface area contributed by atoms with Crippen LogP contribution in [0.4, 0.5) is 0 Å². The van der Waals surface area contributed by atoms with Crippen molar-refractivity contribution in [2.45, 2.75) is 184 Å². The highest BCUT2D eigenvalue weighted by atomic mass is 31.2. The fourth-order valence-electron chi connectivity index (χ4n) is 6.25. The molecule has 11 atom stereocenters. The van der Waals surface area contributed by atoms with E-state index in [1.54, 1.807) is 36.5 Å². The molecule has 0 bridgehead atoms. The second-order valence-electron chi connectivity index (χ2n) is 15.7. The minimum atomic E-state index is -5.23. The molecule has 0 heterocycles. The van der Waals surface area contributed by atoms with E-state index in [2.05, 4.69) is 31.2 Å². The zero-order chi connectivity index (χ0) is 47.6. The van der Waals surface area contributed by atoms with Crippen LogP contribution in [0.3, 0.4) is 0 Å². The van der Waals surface area contributed by atoms with Gasteiger partial charge in [0.05, 0.1) is 24.9 Å². The quantitative estimate of drug-likeness (QED) is 0.0126. The smallest absolute Gasteiger partial charge is 0.462 e. The van der Waals surface area contributed by atoms with Gasteiger partial charge in [0.1, 0.15) is 43.2 Å². The van der Waals surface area contributed by atoms with Gasteiger partial charge in [-0.2, -0.15) is 0 Å². The van der Waals surface area contributed by atoms with E-state index in [-0.39, 0.29) is 25.7 Å². The summed E-state index contributed by atoms with van der Waals surface area (Å²) < 4.78 is 33.2. The number of rotatable bonds is 35. The monoisotopic (exact) mass is 928 g/mol. The summed E-state index contributed by atoms with van der Waals surface area (Å²) in [6.07, 6.45) is 21.3. The molecule has 0 aromatic rings. The molecule has 0 saturated heterocycles. The largest absolute Gasteiger partial charge is 0.472 e. The van der Waals surface area contributed by atoms with Gasteiger partial charge in [0.25, 0.3) is 0 Å². The van der Waals surface area contributed by atoms with Crippen molar-refractivity contribution in [2.24, 2.45) is 0 Å². The summed E-state index contributed by atoms with van der Waals surface area (Å²) in [5, 5.41) is 80.7. The lowest BCUT2D eigenvalue weighted by Crippen LogP contribution is -2.64. The molecule has 366 valence electrons. The van der Waals surface area contributed by atoms with E-state index in [1.165, 1.54) is 31.4 Å². The van der Waals surface area contributed by atoms with Crippen LogP contribution in [0.25, 0.3) is 0 Å². The summed E-state index contributed by atoms with van der Waals surface area (Å²) in [6, 6.07) is 0. The molecule has 16 nitrogen and oxygen atoms in total. The van der Waals surface area contributed by atoms with Crippen LogP contribution in [0.5, 0.6) is 0 Å². The summed E-state index contributed by atoms with van der Waals surface area (Å²) in [5.41, 5.74) is 0. The number of esters is 2. The highest BCUT2D eigenvalue weighted by Crippen LogP contribution is 2.47. The van der Waals surface area contributed by atoms with Gasteiger partial charge < -0.3 is 55.2 Å². The van der Waals surface area contributed by atoms with Crippen molar-refractivity contribution in [3.05, 3.63) is 85.1 Å². The Morgan fingerprint density at radius 3 is 1.83 bits per heavy atom. The van der Waals surface area contributed by atoms with Crippen molar-refractivity contribution in [2.75, 3.05) is 13.2 Å². The van der Waals surface area contributed by atoms with Crippen LogP contribution in [0.2, 0.25) is 0 Å². The third kappa shape index (κ3) is 28.1. The first-order valence-corrected chi connectivity index (χ1v) is 24.2. The number of aliphatic hydroxyl groups excluding tert-OH is 8. The Kier molecular flexibility index (Phi) is 33.2. The number of phosphoric acid groups is 1. The summed E-state index contributed by atoms with van der Waals surface area (Å²) in [4.78, 5) is 35.7.